The molecule has 1 fully saturated rings. The van der Waals surface area contributed by atoms with Crippen molar-refractivity contribution in [3.05, 3.63) is 119 Å². The van der Waals surface area contributed by atoms with Crippen LogP contribution in [0.1, 0.15) is 40.0 Å². The van der Waals surface area contributed by atoms with Crippen molar-refractivity contribution in [3.63, 3.8) is 0 Å². The van der Waals surface area contributed by atoms with Gasteiger partial charge in [-0.15, -0.1) is 0 Å². The Labute approximate surface area is 221 Å². The fourth-order valence-corrected chi connectivity index (χ4v) is 5.71. The number of benzene rings is 3. The molecule has 0 saturated carbocycles. The van der Waals surface area contributed by atoms with E-state index in [1.54, 1.807) is 17.2 Å². The zero-order valence-electron chi connectivity index (χ0n) is 20.5. The summed E-state index contributed by atoms with van der Waals surface area (Å²) in [6, 6.07) is 28.5. The number of rotatable bonds is 6. The Morgan fingerprint density at radius 2 is 1.68 bits per heavy atom. The number of anilines is 1. The molecule has 2 aliphatic heterocycles. The van der Waals surface area contributed by atoms with Crippen molar-refractivity contribution in [2.45, 2.75) is 24.9 Å². The topological polar surface area (TPSA) is 58.6 Å². The molecule has 6 nitrogen and oxygen atoms in total. The Morgan fingerprint density at radius 1 is 1.00 bits per heavy atom. The van der Waals surface area contributed by atoms with Crippen LogP contribution < -0.4 is 9.64 Å². The van der Waals surface area contributed by atoms with Crippen LogP contribution in [0.25, 0.3) is 0 Å². The predicted molar refractivity (Wildman–Crippen MR) is 144 cm³/mol. The second-order valence-corrected chi connectivity index (χ2v) is 10.2. The Morgan fingerprint density at radius 3 is 2.32 bits per heavy atom. The zero-order valence-corrected chi connectivity index (χ0v) is 21.3. The van der Waals surface area contributed by atoms with Crippen molar-refractivity contribution in [1.82, 2.24) is 14.9 Å². The van der Waals surface area contributed by atoms with Gasteiger partial charge in [-0.25, -0.2) is 9.97 Å². The second kappa shape index (κ2) is 9.61. The number of carbonyl (C=O) groups is 1. The van der Waals surface area contributed by atoms with E-state index in [4.69, 9.17) is 16.3 Å². The van der Waals surface area contributed by atoms with Gasteiger partial charge in [-0.05, 0) is 59.5 Å². The SMILES string of the molecule is CC1(N(C(=O)c2ccc3c(c2)CCO3)c2ccnc(Cl)n2)CN(C(c2ccccc2)c2ccccc2)C1. The van der Waals surface area contributed by atoms with Gasteiger partial charge in [0.25, 0.3) is 5.91 Å². The molecule has 0 unspecified atom stereocenters. The van der Waals surface area contributed by atoms with Crippen LogP contribution >= 0.6 is 11.6 Å². The normalized spacial score (nSPS) is 16.1. The number of likely N-dealkylation sites (tertiary alicyclic amines) is 1. The van der Waals surface area contributed by atoms with Crippen LogP contribution in [0.2, 0.25) is 5.28 Å². The van der Waals surface area contributed by atoms with Gasteiger partial charge in [0.05, 0.1) is 18.2 Å². The lowest BCUT2D eigenvalue weighted by atomic mass is 9.84. The van der Waals surface area contributed by atoms with Crippen LogP contribution in [0.3, 0.4) is 0 Å². The monoisotopic (exact) mass is 510 g/mol. The van der Waals surface area contributed by atoms with E-state index in [0.717, 1.165) is 17.7 Å². The van der Waals surface area contributed by atoms with E-state index in [2.05, 4.69) is 70.3 Å². The summed E-state index contributed by atoms with van der Waals surface area (Å²) >= 11 is 6.18. The highest BCUT2D eigenvalue weighted by atomic mass is 35.5. The molecule has 186 valence electrons. The minimum atomic E-state index is -0.494. The number of carbonyl (C=O) groups excluding carboxylic acids is 1. The number of aromatic nitrogens is 2. The third kappa shape index (κ3) is 4.47. The zero-order chi connectivity index (χ0) is 25.4. The number of halogens is 1. The summed E-state index contributed by atoms with van der Waals surface area (Å²) in [5.41, 5.74) is 3.61. The van der Waals surface area contributed by atoms with Gasteiger partial charge in [0.2, 0.25) is 5.28 Å². The highest BCUT2D eigenvalue weighted by Gasteiger charge is 2.49. The van der Waals surface area contributed by atoms with Crippen LogP contribution in [-0.4, -0.2) is 46.0 Å². The Hall–Kier alpha value is -3.74. The largest absolute Gasteiger partial charge is 0.493 e. The molecule has 3 heterocycles. The van der Waals surface area contributed by atoms with E-state index < -0.39 is 5.54 Å². The van der Waals surface area contributed by atoms with E-state index in [1.807, 2.05) is 30.3 Å². The van der Waals surface area contributed by atoms with Crippen LogP contribution in [0.15, 0.2) is 91.1 Å². The number of amides is 1. The minimum absolute atomic E-state index is 0.0820. The Balaban J connectivity index is 1.35. The summed E-state index contributed by atoms with van der Waals surface area (Å²) in [5, 5.41) is 0.115. The molecule has 0 spiro atoms. The molecule has 6 rings (SSSR count). The van der Waals surface area contributed by atoms with E-state index in [1.165, 1.54) is 11.1 Å². The third-order valence-electron chi connectivity index (χ3n) is 7.20. The Kier molecular flexibility index (Phi) is 6.14. The smallest absolute Gasteiger partial charge is 0.260 e. The number of hydrogen-bond acceptors (Lipinski definition) is 5. The second-order valence-electron chi connectivity index (χ2n) is 9.87. The minimum Gasteiger partial charge on any atom is -0.493 e. The van der Waals surface area contributed by atoms with Gasteiger partial charge < -0.3 is 4.74 Å². The molecule has 0 radical (unpaired) electrons. The molecule has 1 saturated heterocycles. The summed E-state index contributed by atoms with van der Waals surface area (Å²) in [5.74, 6) is 1.24. The van der Waals surface area contributed by atoms with Gasteiger partial charge in [0, 0.05) is 31.3 Å². The summed E-state index contributed by atoms with van der Waals surface area (Å²) < 4.78 is 5.65. The average molecular weight is 511 g/mol. The van der Waals surface area contributed by atoms with Crippen LogP contribution in [0, 0.1) is 0 Å². The van der Waals surface area contributed by atoms with Crippen LogP contribution in [0.4, 0.5) is 5.82 Å². The van der Waals surface area contributed by atoms with Crippen molar-refractivity contribution < 1.29 is 9.53 Å². The fourth-order valence-electron chi connectivity index (χ4n) is 5.56. The molecule has 7 heteroatoms. The lowest BCUT2D eigenvalue weighted by Crippen LogP contribution is -2.70. The Bertz CT molecular complexity index is 1380. The summed E-state index contributed by atoms with van der Waals surface area (Å²) in [7, 11) is 0. The van der Waals surface area contributed by atoms with Gasteiger partial charge >= 0.3 is 0 Å². The average Bonchev–Trinajstić information content (AvgIpc) is 3.37. The first-order valence-corrected chi connectivity index (χ1v) is 12.8. The molecule has 37 heavy (non-hydrogen) atoms. The first-order valence-electron chi connectivity index (χ1n) is 12.4. The standard InChI is InChI=1S/C30H27ClN4O2/c1-30(19-34(20-30)27(21-8-4-2-5-9-21)22-10-6-3-7-11-22)35(26-14-16-32-29(31)33-26)28(36)24-12-13-25-23(18-24)15-17-37-25/h2-14,16,18,27H,15,17,19-20H2,1H3. The molecule has 1 aromatic heterocycles. The molecule has 0 atom stereocenters. The number of nitrogens with zero attached hydrogens (tertiary/aromatic N) is 4. The lowest BCUT2D eigenvalue weighted by Gasteiger charge is -2.56. The van der Waals surface area contributed by atoms with E-state index in [-0.39, 0.29) is 17.2 Å². The highest BCUT2D eigenvalue weighted by Crippen LogP contribution is 2.41. The van der Waals surface area contributed by atoms with Crippen molar-refractivity contribution in [3.8, 4) is 5.75 Å². The van der Waals surface area contributed by atoms with E-state index in [0.29, 0.717) is 31.1 Å². The predicted octanol–water partition coefficient (Wildman–Crippen LogP) is 5.58. The molecular weight excluding hydrogens is 484 g/mol. The van der Waals surface area contributed by atoms with Crippen molar-refractivity contribution in [2.75, 3.05) is 24.6 Å². The van der Waals surface area contributed by atoms with Gasteiger partial charge in [0.1, 0.15) is 11.6 Å². The number of hydrogen-bond donors (Lipinski definition) is 0. The van der Waals surface area contributed by atoms with Gasteiger partial charge in [-0.1, -0.05) is 60.7 Å². The maximum atomic E-state index is 14.1. The lowest BCUT2D eigenvalue weighted by molar-refractivity contribution is 0.0434. The molecule has 0 aliphatic carbocycles. The first-order chi connectivity index (χ1) is 18.0. The van der Waals surface area contributed by atoms with Crippen molar-refractivity contribution in [2.24, 2.45) is 0 Å². The van der Waals surface area contributed by atoms with Crippen LogP contribution in [-0.2, 0) is 6.42 Å². The van der Waals surface area contributed by atoms with Crippen molar-refractivity contribution in [1.29, 1.82) is 0 Å². The first kappa shape index (κ1) is 23.6. The van der Waals surface area contributed by atoms with Gasteiger partial charge in [0.15, 0.2) is 0 Å². The van der Waals surface area contributed by atoms with Crippen molar-refractivity contribution >= 4 is 23.3 Å². The molecule has 1 amide bonds. The summed E-state index contributed by atoms with van der Waals surface area (Å²) in [4.78, 5) is 26.8. The van der Waals surface area contributed by atoms with E-state index in [9.17, 15) is 4.79 Å². The molecular formula is C30H27ClN4O2. The van der Waals surface area contributed by atoms with Gasteiger partial charge in [-0.3, -0.25) is 14.6 Å². The number of ether oxygens (including phenoxy) is 1. The molecule has 2 aliphatic rings. The van der Waals surface area contributed by atoms with E-state index >= 15 is 0 Å². The maximum absolute atomic E-state index is 14.1. The molecule has 0 bridgehead atoms. The molecule has 0 N–H and O–H groups in total. The summed E-state index contributed by atoms with van der Waals surface area (Å²) in [6.07, 6.45) is 2.40. The summed E-state index contributed by atoms with van der Waals surface area (Å²) in [6.45, 7) is 4.10. The fraction of sp³-hybridized carbons (Fsp3) is 0.233. The van der Waals surface area contributed by atoms with Crippen LogP contribution in [0.5, 0.6) is 5.75 Å². The third-order valence-corrected chi connectivity index (χ3v) is 7.39. The van der Waals surface area contributed by atoms with Gasteiger partial charge in [-0.2, -0.15) is 0 Å². The maximum Gasteiger partial charge on any atom is 0.260 e. The molecule has 4 aromatic rings. The quantitative estimate of drug-likeness (QED) is 0.317. The highest BCUT2D eigenvalue weighted by molar-refractivity contribution is 6.28. The molecule has 3 aromatic carbocycles. The number of fused-ring (bicyclic) bond motifs is 1.